The van der Waals surface area contributed by atoms with Crippen LogP contribution in [0.15, 0.2) is 97.2 Å². The summed E-state index contributed by atoms with van der Waals surface area (Å²) in [6, 6.07) is 0. The van der Waals surface area contributed by atoms with E-state index in [4.69, 9.17) is 18.5 Å². The molecule has 3 atom stereocenters. The number of esters is 2. The molecule has 1 unspecified atom stereocenters. The van der Waals surface area contributed by atoms with E-state index in [1.54, 1.807) is 6.08 Å². The second kappa shape index (κ2) is 37.2. The Balaban J connectivity index is 4.55. The van der Waals surface area contributed by atoms with Gasteiger partial charge in [0.05, 0.1) is 33.9 Å². The Labute approximate surface area is 346 Å². The fourth-order valence-electron chi connectivity index (χ4n) is 4.83. The molecule has 57 heavy (non-hydrogen) atoms. The molecular formula is C46H76NO9P. The van der Waals surface area contributed by atoms with Gasteiger partial charge in [0.1, 0.15) is 19.8 Å². The zero-order valence-electron chi connectivity index (χ0n) is 35.8. The standard InChI is InChI=1S/C46H76NO9P/c1-6-8-9-10-11-12-13-14-15-20-23-26-29-32-35-38-46(50)56-44(42-55-57(51,52)54-40-39-47(3,4)5)41-53-45(49)37-34-31-28-25-22-19-17-16-18-21-24-27-30-33-36-43(48)7-2/h8-9,11-12,14-15,17-19,21,25,27-28,30,33,36,43-44,48H,6-7,10,13,16,20,22-24,26,29,31-32,34-35,37-42H2,1-5H3/b9-8-,12-11-,15-14-,19-17-,21-18-,28-25-,30-27-,36-33+/t43-,44+/m0/s1. The van der Waals surface area contributed by atoms with Crippen LogP contribution < -0.4 is 4.89 Å². The van der Waals surface area contributed by atoms with Gasteiger partial charge < -0.3 is 33.0 Å². The summed E-state index contributed by atoms with van der Waals surface area (Å²) in [5.41, 5.74) is 0. The van der Waals surface area contributed by atoms with E-state index < -0.39 is 32.5 Å². The lowest BCUT2D eigenvalue weighted by Crippen LogP contribution is -2.37. The maximum Gasteiger partial charge on any atom is 0.306 e. The number of carbonyl (C=O) groups excluding carboxylic acids is 2. The van der Waals surface area contributed by atoms with Gasteiger partial charge >= 0.3 is 11.9 Å². The van der Waals surface area contributed by atoms with Gasteiger partial charge in [-0.3, -0.25) is 14.2 Å². The third kappa shape index (κ3) is 40.9. The molecule has 0 aromatic heterocycles. The van der Waals surface area contributed by atoms with Gasteiger partial charge in [-0.25, -0.2) is 0 Å². The van der Waals surface area contributed by atoms with Crippen molar-refractivity contribution >= 4 is 19.8 Å². The number of hydrogen-bond donors (Lipinski definition) is 1. The predicted octanol–water partition coefficient (Wildman–Crippen LogP) is 10.1. The molecule has 10 nitrogen and oxygen atoms in total. The van der Waals surface area contributed by atoms with Gasteiger partial charge in [-0.05, 0) is 77.0 Å². The summed E-state index contributed by atoms with van der Waals surface area (Å²) in [7, 11) is 1.08. The molecule has 0 aromatic rings. The van der Waals surface area contributed by atoms with Gasteiger partial charge in [0.15, 0.2) is 6.10 Å². The summed E-state index contributed by atoms with van der Waals surface area (Å²) < 4.78 is 33.7. The average molecular weight is 818 g/mol. The number of carbonyl (C=O) groups is 2. The number of aliphatic hydroxyl groups excluding tert-OH is 1. The van der Waals surface area contributed by atoms with E-state index in [9.17, 15) is 24.2 Å². The molecular weight excluding hydrogens is 741 g/mol. The second-order valence-corrected chi connectivity index (χ2v) is 16.2. The number of likely N-dealkylation sites (N-methyl/N-ethyl adjacent to an activating group) is 1. The highest BCUT2D eigenvalue weighted by Gasteiger charge is 2.21. The van der Waals surface area contributed by atoms with Crippen molar-refractivity contribution in [3.63, 3.8) is 0 Å². The smallest absolute Gasteiger partial charge is 0.306 e. The minimum Gasteiger partial charge on any atom is -0.756 e. The number of rotatable bonds is 36. The molecule has 0 saturated heterocycles. The number of phosphoric acid groups is 1. The van der Waals surface area contributed by atoms with Gasteiger partial charge in [0.25, 0.3) is 7.82 Å². The molecule has 0 rings (SSSR count). The van der Waals surface area contributed by atoms with Crippen LogP contribution in [0.3, 0.4) is 0 Å². The summed E-state index contributed by atoms with van der Waals surface area (Å²) in [6.07, 6.45) is 45.4. The summed E-state index contributed by atoms with van der Waals surface area (Å²) in [5.74, 6) is -0.955. The van der Waals surface area contributed by atoms with Crippen molar-refractivity contribution in [3.05, 3.63) is 97.2 Å². The van der Waals surface area contributed by atoms with Crippen molar-refractivity contribution in [3.8, 4) is 0 Å². The van der Waals surface area contributed by atoms with Gasteiger partial charge in [-0.2, -0.15) is 0 Å². The monoisotopic (exact) mass is 818 g/mol. The first-order chi connectivity index (χ1) is 27.4. The minimum absolute atomic E-state index is 0.0552. The van der Waals surface area contributed by atoms with Crippen molar-refractivity contribution in [2.24, 2.45) is 0 Å². The fourth-order valence-corrected chi connectivity index (χ4v) is 5.56. The Hall–Kier alpha value is -3.11. The highest BCUT2D eigenvalue weighted by atomic mass is 31.2. The Morgan fingerprint density at radius 2 is 1.18 bits per heavy atom. The van der Waals surface area contributed by atoms with E-state index >= 15 is 0 Å². The van der Waals surface area contributed by atoms with Gasteiger partial charge in [-0.15, -0.1) is 0 Å². The molecule has 0 spiro atoms. The van der Waals surface area contributed by atoms with Crippen molar-refractivity contribution in [2.75, 3.05) is 47.5 Å². The van der Waals surface area contributed by atoms with Crippen LogP contribution in [-0.2, 0) is 32.7 Å². The average Bonchev–Trinajstić information content (AvgIpc) is 3.16. The first kappa shape index (κ1) is 53.9. The third-order valence-corrected chi connectivity index (χ3v) is 9.22. The molecule has 0 aromatic carbocycles. The molecule has 0 saturated carbocycles. The zero-order valence-corrected chi connectivity index (χ0v) is 36.7. The maximum absolute atomic E-state index is 12.6. The van der Waals surface area contributed by atoms with Gasteiger partial charge in [0.2, 0.25) is 0 Å². The van der Waals surface area contributed by atoms with Crippen LogP contribution in [0.1, 0.15) is 123 Å². The van der Waals surface area contributed by atoms with Crippen LogP contribution >= 0.6 is 7.82 Å². The molecule has 0 bridgehead atoms. The normalized spacial score (nSPS) is 15.1. The first-order valence-electron chi connectivity index (χ1n) is 21.1. The molecule has 0 heterocycles. The molecule has 0 fully saturated rings. The summed E-state index contributed by atoms with van der Waals surface area (Å²) >= 11 is 0. The highest BCUT2D eigenvalue weighted by molar-refractivity contribution is 7.45. The largest absolute Gasteiger partial charge is 0.756 e. The van der Waals surface area contributed by atoms with Gasteiger partial charge in [-0.1, -0.05) is 130 Å². The van der Waals surface area contributed by atoms with E-state index in [1.165, 1.54) is 0 Å². The minimum atomic E-state index is -4.66. The van der Waals surface area contributed by atoms with Crippen LogP contribution in [0.4, 0.5) is 0 Å². The number of aliphatic hydroxyl groups is 1. The summed E-state index contributed by atoms with van der Waals surface area (Å²) in [6.45, 7) is 3.65. The molecule has 0 aliphatic heterocycles. The predicted molar refractivity (Wildman–Crippen MR) is 232 cm³/mol. The SMILES string of the molecule is CC/C=C\C/C=C\C/C=C\CCCCCCCC(=O)O[C@H](COC(=O)CCC/C=C\C/C=C\C/C=C\C/C=C\C=C\[C@@H](O)CC)COP(=O)([O-])OCC[N+](C)(C)C. The number of unbranched alkanes of at least 4 members (excludes halogenated alkanes) is 6. The van der Waals surface area contributed by atoms with Crippen molar-refractivity contribution in [1.29, 1.82) is 0 Å². The van der Waals surface area contributed by atoms with Crippen LogP contribution in [0.5, 0.6) is 0 Å². The maximum atomic E-state index is 12.6. The molecule has 0 amide bonds. The van der Waals surface area contributed by atoms with E-state index in [0.717, 1.165) is 70.6 Å². The van der Waals surface area contributed by atoms with Crippen LogP contribution in [-0.4, -0.2) is 81.2 Å². The number of hydrogen-bond acceptors (Lipinski definition) is 9. The third-order valence-electron chi connectivity index (χ3n) is 8.26. The molecule has 11 heteroatoms. The van der Waals surface area contributed by atoms with E-state index in [-0.39, 0.29) is 32.2 Å². The van der Waals surface area contributed by atoms with Crippen molar-refractivity contribution < 1.29 is 47.2 Å². The number of nitrogens with zero attached hydrogens (tertiary/aromatic N) is 1. The lowest BCUT2D eigenvalue weighted by Gasteiger charge is -2.28. The topological polar surface area (TPSA) is 131 Å². The van der Waals surface area contributed by atoms with Crippen LogP contribution in [0.2, 0.25) is 0 Å². The van der Waals surface area contributed by atoms with Crippen molar-refractivity contribution in [2.45, 2.75) is 135 Å². The van der Waals surface area contributed by atoms with Crippen molar-refractivity contribution in [1.82, 2.24) is 0 Å². The Kier molecular flexibility index (Phi) is 35.2. The summed E-state index contributed by atoms with van der Waals surface area (Å²) in [4.78, 5) is 37.5. The lowest BCUT2D eigenvalue weighted by molar-refractivity contribution is -0.870. The number of phosphoric ester groups is 1. The van der Waals surface area contributed by atoms with E-state index in [2.05, 4.69) is 73.8 Å². The quantitative estimate of drug-likeness (QED) is 0.0164. The van der Waals surface area contributed by atoms with Crippen LogP contribution in [0.25, 0.3) is 0 Å². The number of allylic oxidation sites excluding steroid dienone is 15. The molecule has 0 aliphatic carbocycles. The van der Waals surface area contributed by atoms with E-state index in [1.807, 2.05) is 52.4 Å². The van der Waals surface area contributed by atoms with Gasteiger partial charge in [0, 0.05) is 12.8 Å². The second-order valence-electron chi connectivity index (χ2n) is 14.8. The molecule has 0 radical (unpaired) electrons. The summed E-state index contributed by atoms with van der Waals surface area (Å²) in [5, 5.41) is 9.47. The Morgan fingerprint density at radius 3 is 1.77 bits per heavy atom. The lowest BCUT2D eigenvalue weighted by atomic mass is 10.1. The molecule has 0 aliphatic rings. The van der Waals surface area contributed by atoms with E-state index in [0.29, 0.717) is 36.7 Å². The number of ether oxygens (including phenoxy) is 2. The number of quaternary nitrogens is 1. The molecule has 324 valence electrons. The molecule has 1 N–H and O–H groups in total. The fraction of sp³-hybridized carbons (Fsp3) is 0.609. The highest BCUT2D eigenvalue weighted by Crippen LogP contribution is 2.38. The Morgan fingerprint density at radius 1 is 0.649 bits per heavy atom. The zero-order chi connectivity index (χ0) is 42.3. The Bertz CT molecular complexity index is 1310. The van der Waals surface area contributed by atoms with Crippen LogP contribution in [0, 0.1) is 0 Å². The first-order valence-corrected chi connectivity index (χ1v) is 22.5.